The van der Waals surface area contributed by atoms with Gasteiger partial charge in [-0.1, -0.05) is 25.6 Å². The molecule has 1 aliphatic rings. The largest absolute Gasteiger partial charge is 0.309 e. The van der Waals surface area contributed by atoms with Crippen molar-refractivity contribution in [2.24, 2.45) is 0 Å². The second-order valence-electron chi connectivity index (χ2n) is 4.27. The number of thiocarbonyl (C=S) groups is 1. The third kappa shape index (κ3) is 4.49. The average Bonchev–Trinajstić information content (AvgIpc) is 2.58. The fraction of sp³-hybridized carbons (Fsp3) is 0.909. The van der Waals surface area contributed by atoms with Gasteiger partial charge in [-0.3, -0.25) is 0 Å². The Bertz CT molecular complexity index is 182. The van der Waals surface area contributed by atoms with Crippen molar-refractivity contribution in [3.8, 4) is 0 Å². The molecule has 3 heteroatoms. The Labute approximate surface area is 93.1 Å². The van der Waals surface area contributed by atoms with Gasteiger partial charge in [-0.25, -0.2) is 0 Å². The average molecular weight is 214 g/mol. The third-order valence-corrected chi connectivity index (χ3v) is 3.13. The van der Waals surface area contributed by atoms with Crippen molar-refractivity contribution in [1.82, 2.24) is 10.2 Å². The summed E-state index contributed by atoms with van der Waals surface area (Å²) in [5, 5.41) is 3.45. The SMILES string of the molecule is CCCCN(C)CCC1CC(=S)CN1. The molecule has 0 aromatic carbocycles. The molecular weight excluding hydrogens is 192 g/mol. The van der Waals surface area contributed by atoms with E-state index >= 15 is 0 Å². The van der Waals surface area contributed by atoms with Gasteiger partial charge in [-0.2, -0.15) is 0 Å². The van der Waals surface area contributed by atoms with E-state index in [0.29, 0.717) is 6.04 Å². The molecule has 0 saturated carbocycles. The summed E-state index contributed by atoms with van der Waals surface area (Å²) >= 11 is 5.17. The minimum absolute atomic E-state index is 0.645. The van der Waals surface area contributed by atoms with E-state index in [1.54, 1.807) is 0 Å². The van der Waals surface area contributed by atoms with Crippen molar-refractivity contribution < 1.29 is 0 Å². The van der Waals surface area contributed by atoms with E-state index in [1.807, 2.05) is 0 Å². The summed E-state index contributed by atoms with van der Waals surface area (Å²) in [6.45, 7) is 5.62. The maximum absolute atomic E-state index is 5.17. The molecule has 1 fully saturated rings. The second kappa shape index (κ2) is 6.49. The second-order valence-corrected chi connectivity index (χ2v) is 4.84. The quantitative estimate of drug-likeness (QED) is 0.679. The van der Waals surface area contributed by atoms with E-state index in [2.05, 4.69) is 24.2 Å². The molecule has 1 N–H and O–H groups in total. The van der Waals surface area contributed by atoms with E-state index in [1.165, 1.54) is 37.2 Å². The zero-order valence-electron chi connectivity index (χ0n) is 9.38. The molecule has 2 nitrogen and oxygen atoms in total. The fourth-order valence-corrected chi connectivity index (χ4v) is 2.08. The first-order valence-electron chi connectivity index (χ1n) is 5.66. The van der Waals surface area contributed by atoms with Crippen LogP contribution in [-0.2, 0) is 0 Å². The predicted molar refractivity (Wildman–Crippen MR) is 66.0 cm³/mol. The Kier molecular flexibility index (Phi) is 5.60. The van der Waals surface area contributed by atoms with Crippen molar-refractivity contribution in [2.75, 3.05) is 26.7 Å². The lowest BCUT2D eigenvalue weighted by atomic mass is 10.1. The zero-order valence-corrected chi connectivity index (χ0v) is 10.2. The molecule has 82 valence electrons. The lowest BCUT2D eigenvalue weighted by Crippen LogP contribution is -2.28. The molecule has 1 rings (SSSR count). The van der Waals surface area contributed by atoms with Gasteiger partial charge in [0.25, 0.3) is 0 Å². The number of nitrogens with zero attached hydrogens (tertiary/aromatic N) is 1. The maximum atomic E-state index is 5.17. The molecule has 1 saturated heterocycles. The lowest BCUT2D eigenvalue weighted by Gasteiger charge is -2.18. The molecular formula is C11H22N2S. The molecule has 0 aliphatic carbocycles. The predicted octanol–water partition coefficient (Wildman–Crippen LogP) is 1.84. The normalized spacial score (nSPS) is 22.2. The van der Waals surface area contributed by atoms with Crippen LogP contribution in [0.15, 0.2) is 0 Å². The van der Waals surface area contributed by atoms with Crippen molar-refractivity contribution in [3.63, 3.8) is 0 Å². The molecule has 0 amide bonds. The highest BCUT2D eigenvalue weighted by Crippen LogP contribution is 2.08. The molecule has 1 atom stereocenters. The van der Waals surface area contributed by atoms with Crippen LogP contribution in [0.25, 0.3) is 0 Å². The first kappa shape index (κ1) is 12.1. The Morgan fingerprint density at radius 2 is 2.29 bits per heavy atom. The topological polar surface area (TPSA) is 15.3 Å². The van der Waals surface area contributed by atoms with Crippen LogP contribution < -0.4 is 5.32 Å². The van der Waals surface area contributed by atoms with Crippen LogP contribution in [0.5, 0.6) is 0 Å². The summed E-state index contributed by atoms with van der Waals surface area (Å²) in [5.74, 6) is 0. The molecule has 1 aliphatic heterocycles. The maximum Gasteiger partial charge on any atom is 0.0272 e. The smallest absolute Gasteiger partial charge is 0.0272 e. The van der Waals surface area contributed by atoms with Gasteiger partial charge < -0.3 is 10.2 Å². The molecule has 0 aromatic heterocycles. The highest BCUT2D eigenvalue weighted by Gasteiger charge is 2.17. The van der Waals surface area contributed by atoms with E-state index in [0.717, 1.165) is 13.0 Å². The number of unbranched alkanes of at least 4 members (excludes halogenated alkanes) is 1. The third-order valence-electron chi connectivity index (χ3n) is 2.81. The number of nitrogens with one attached hydrogen (secondary N) is 1. The highest BCUT2D eigenvalue weighted by molar-refractivity contribution is 7.80. The van der Waals surface area contributed by atoms with Crippen LogP contribution in [0.2, 0.25) is 0 Å². The van der Waals surface area contributed by atoms with Crippen LogP contribution >= 0.6 is 12.2 Å². The first-order chi connectivity index (χ1) is 6.72. The Balaban J connectivity index is 2.05. The summed E-state index contributed by atoms with van der Waals surface area (Å²) in [6.07, 6.45) is 4.94. The Morgan fingerprint density at radius 3 is 2.86 bits per heavy atom. The van der Waals surface area contributed by atoms with Gasteiger partial charge in [0.1, 0.15) is 0 Å². The molecule has 0 spiro atoms. The minimum Gasteiger partial charge on any atom is -0.309 e. The van der Waals surface area contributed by atoms with Crippen molar-refractivity contribution >= 4 is 17.1 Å². The van der Waals surface area contributed by atoms with Gasteiger partial charge in [-0.15, -0.1) is 0 Å². The fourth-order valence-electron chi connectivity index (χ4n) is 1.80. The van der Waals surface area contributed by atoms with Crippen LogP contribution in [0.1, 0.15) is 32.6 Å². The molecule has 1 heterocycles. The lowest BCUT2D eigenvalue weighted by molar-refractivity contribution is 0.308. The van der Waals surface area contributed by atoms with Crippen LogP contribution in [0.3, 0.4) is 0 Å². The monoisotopic (exact) mass is 214 g/mol. The molecule has 0 radical (unpaired) electrons. The van der Waals surface area contributed by atoms with Crippen LogP contribution in [-0.4, -0.2) is 42.5 Å². The van der Waals surface area contributed by atoms with E-state index in [9.17, 15) is 0 Å². The summed E-state index contributed by atoms with van der Waals surface area (Å²) in [4.78, 5) is 3.62. The van der Waals surface area contributed by atoms with Gasteiger partial charge >= 0.3 is 0 Å². The van der Waals surface area contributed by atoms with Crippen molar-refractivity contribution in [2.45, 2.75) is 38.6 Å². The van der Waals surface area contributed by atoms with Gasteiger partial charge in [0.2, 0.25) is 0 Å². The zero-order chi connectivity index (χ0) is 10.4. The van der Waals surface area contributed by atoms with E-state index in [4.69, 9.17) is 12.2 Å². The molecule has 0 aromatic rings. The van der Waals surface area contributed by atoms with Crippen molar-refractivity contribution in [1.29, 1.82) is 0 Å². The summed E-state index contributed by atoms with van der Waals surface area (Å²) < 4.78 is 0. The van der Waals surface area contributed by atoms with Gasteiger partial charge in [0.15, 0.2) is 0 Å². The molecule has 1 unspecified atom stereocenters. The minimum atomic E-state index is 0.645. The first-order valence-corrected chi connectivity index (χ1v) is 6.06. The number of hydrogen-bond donors (Lipinski definition) is 1. The van der Waals surface area contributed by atoms with E-state index < -0.39 is 0 Å². The molecule has 0 bridgehead atoms. The summed E-state index contributed by atoms with van der Waals surface area (Å²) in [6, 6.07) is 0.645. The highest BCUT2D eigenvalue weighted by atomic mass is 32.1. The van der Waals surface area contributed by atoms with E-state index in [-0.39, 0.29) is 0 Å². The van der Waals surface area contributed by atoms with Crippen LogP contribution in [0, 0.1) is 0 Å². The molecule has 14 heavy (non-hydrogen) atoms. The van der Waals surface area contributed by atoms with Crippen molar-refractivity contribution in [3.05, 3.63) is 0 Å². The van der Waals surface area contributed by atoms with Gasteiger partial charge in [0, 0.05) is 17.5 Å². The number of rotatable bonds is 6. The number of hydrogen-bond acceptors (Lipinski definition) is 3. The van der Waals surface area contributed by atoms with Crippen LogP contribution in [0.4, 0.5) is 0 Å². The van der Waals surface area contributed by atoms with Gasteiger partial charge in [0.05, 0.1) is 0 Å². The standard InChI is InChI=1S/C11H22N2S/c1-3-4-6-13(2)7-5-10-8-11(14)9-12-10/h10,12H,3-9H2,1-2H3. The Hall–Kier alpha value is 0.01000. The summed E-state index contributed by atoms with van der Waals surface area (Å²) in [5.41, 5.74) is 0. The summed E-state index contributed by atoms with van der Waals surface area (Å²) in [7, 11) is 2.21. The van der Waals surface area contributed by atoms with Gasteiger partial charge in [-0.05, 0) is 39.4 Å². The Morgan fingerprint density at radius 1 is 1.50 bits per heavy atom.